The lowest BCUT2D eigenvalue weighted by Gasteiger charge is -2.55. The van der Waals surface area contributed by atoms with Gasteiger partial charge in [-0.1, -0.05) is 12.1 Å². The Balaban J connectivity index is 2.02. The molecule has 0 spiro atoms. The Labute approximate surface area is 114 Å². The normalized spacial score (nSPS) is 36.4. The number of aliphatic hydroxyl groups is 1. The van der Waals surface area contributed by atoms with Crippen molar-refractivity contribution in [2.45, 2.75) is 5.60 Å². The molecular formula is C15H22N2O2. The Hall–Kier alpha value is -1.10. The minimum atomic E-state index is -0.808. The SMILES string of the molecule is CN1CC2CN(C)CC(C1)C2(O)c1cccc(O)c1. The molecule has 0 saturated carbocycles. The Bertz CT molecular complexity index is 447. The third-order valence-corrected chi connectivity index (χ3v) is 4.68. The maximum Gasteiger partial charge on any atom is 0.115 e. The molecule has 0 aromatic heterocycles. The smallest absolute Gasteiger partial charge is 0.115 e. The Morgan fingerprint density at radius 2 is 1.58 bits per heavy atom. The van der Waals surface area contributed by atoms with E-state index < -0.39 is 5.60 Å². The molecule has 104 valence electrons. The van der Waals surface area contributed by atoms with Crippen LogP contribution in [0.5, 0.6) is 5.75 Å². The first-order valence-corrected chi connectivity index (χ1v) is 6.89. The number of hydrogen-bond acceptors (Lipinski definition) is 4. The van der Waals surface area contributed by atoms with Crippen LogP contribution in [0.2, 0.25) is 0 Å². The summed E-state index contributed by atoms with van der Waals surface area (Å²) in [6, 6.07) is 7.14. The van der Waals surface area contributed by atoms with Gasteiger partial charge in [0.2, 0.25) is 0 Å². The van der Waals surface area contributed by atoms with E-state index in [1.54, 1.807) is 12.1 Å². The summed E-state index contributed by atoms with van der Waals surface area (Å²) >= 11 is 0. The molecular weight excluding hydrogens is 240 g/mol. The molecule has 0 unspecified atom stereocenters. The van der Waals surface area contributed by atoms with Crippen LogP contribution in [0.1, 0.15) is 5.56 Å². The van der Waals surface area contributed by atoms with Crippen molar-refractivity contribution in [2.24, 2.45) is 11.8 Å². The lowest BCUT2D eigenvalue weighted by atomic mass is 9.67. The first-order chi connectivity index (χ1) is 9.00. The van der Waals surface area contributed by atoms with Gasteiger partial charge in [-0.15, -0.1) is 0 Å². The van der Waals surface area contributed by atoms with Gasteiger partial charge in [0.1, 0.15) is 11.4 Å². The summed E-state index contributed by atoms with van der Waals surface area (Å²) < 4.78 is 0. The van der Waals surface area contributed by atoms with E-state index in [1.165, 1.54) is 0 Å². The Morgan fingerprint density at radius 3 is 2.05 bits per heavy atom. The fourth-order valence-corrected chi connectivity index (χ4v) is 3.89. The minimum absolute atomic E-state index is 0.191. The van der Waals surface area contributed by atoms with Gasteiger partial charge in [0.25, 0.3) is 0 Å². The molecule has 0 atom stereocenters. The summed E-state index contributed by atoms with van der Waals surface area (Å²) in [7, 11) is 4.24. The average Bonchev–Trinajstić information content (AvgIpc) is 2.32. The molecule has 2 heterocycles. The van der Waals surface area contributed by atoms with E-state index in [9.17, 15) is 10.2 Å². The number of fused-ring (bicyclic) bond motifs is 2. The second-order valence-corrected chi connectivity index (χ2v) is 6.21. The fourth-order valence-electron chi connectivity index (χ4n) is 3.89. The van der Waals surface area contributed by atoms with Crippen molar-refractivity contribution in [1.29, 1.82) is 0 Å². The highest BCUT2D eigenvalue weighted by molar-refractivity contribution is 5.34. The van der Waals surface area contributed by atoms with Crippen LogP contribution >= 0.6 is 0 Å². The number of piperidine rings is 2. The molecule has 19 heavy (non-hydrogen) atoms. The summed E-state index contributed by atoms with van der Waals surface area (Å²) in [4.78, 5) is 4.61. The van der Waals surface area contributed by atoms with E-state index in [2.05, 4.69) is 23.9 Å². The van der Waals surface area contributed by atoms with Crippen molar-refractivity contribution >= 4 is 0 Å². The molecule has 2 aliphatic rings. The molecule has 3 rings (SSSR count). The maximum absolute atomic E-state index is 11.3. The molecule has 2 fully saturated rings. The molecule has 1 aromatic carbocycles. The van der Waals surface area contributed by atoms with Crippen LogP contribution in [-0.2, 0) is 5.60 Å². The second kappa shape index (κ2) is 4.47. The van der Waals surface area contributed by atoms with Crippen LogP contribution in [0.15, 0.2) is 24.3 Å². The van der Waals surface area contributed by atoms with E-state index in [0.717, 1.165) is 31.7 Å². The van der Waals surface area contributed by atoms with Crippen molar-refractivity contribution < 1.29 is 10.2 Å². The molecule has 2 bridgehead atoms. The molecule has 0 amide bonds. The second-order valence-electron chi connectivity index (χ2n) is 6.21. The predicted octanol–water partition coefficient (Wildman–Crippen LogP) is 0.703. The molecule has 1 aromatic rings. The highest BCUT2D eigenvalue weighted by Crippen LogP contribution is 2.45. The van der Waals surface area contributed by atoms with E-state index in [4.69, 9.17) is 0 Å². The zero-order chi connectivity index (χ0) is 13.6. The van der Waals surface area contributed by atoms with Crippen LogP contribution in [0, 0.1) is 11.8 Å². The molecule has 0 aliphatic carbocycles. The number of hydrogen-bond donors (Lipinski definition) is 2. The number of phenols is 1. The number of likely N-dealkylation sites (tertiary alicyclic amines) is 2. The summed E-state index contributed by atoms with van der Waals surface area (Å²) in [6.45, 7) is 3.58. The van der Waals surface area contributed by atoms with E-state index in [-0.39, 0.29) is 17.6 Å². The summed E-state index contributed by atoms with van der Waals surface area (Å²) in [5.74, 6) is 0.616. The molecule has 4 nitrogen and oxygen atoms in total. The van der Waals surface area contributed by atoms with Gasteiger partial charge in [0.15, 0.2) is 0 Å². The topological polar surface area (TPSA) is 46.9 Å². The molecule has 0 radical (unpaired) electrons. The van der Waals surface area contributed by atoms with Gasteiger partial charge in [-0.3, -0.25) is 0 Å². The van der Waals surface area contributed by atoms with Gasteiger partial charge in [-0.05, 0) is 31.8 Å². The third kappa shape index (κ3) is 2.04. The molecule has 4 heteroatoms. The lowest BCUT2D eigenvalue weighted by Crippen LogP contribution is -2.64. The first-order valence-electron chi connectivity index (χ1n) is 6.89. The van der Waals surface area contributed by atoms with Gasteiger partial charge in [0, 0.05) is 38.0 Å². The van der Waals surface area contributed by atoms with Crippen LogP contribution in [0.4, 0.5) is 0 Å². The summed E-state index contributed by atoms with van der Waals surface area (Å²) in [5, 5.41) is 21.0. The number of nitrogens with zero attached hydrogens (tertiary/aromatic N) is 2. The van der Waals surface area contributed by atoms with Gasteiger partial charge < -0.3 is 20.0 Å². The number of aromatic hydroxyl groups is 1. The first kappa shape index (κ1) is 12.9. The van der Waals surface area contributed by atoms with Crippen molar-refractivity contribution in [3.05, 3.63) is 29.8 Å². The van der Waals surface area contributed by atoms with Crippen molar-refractivity contribution in [1.82, 2.24) is 9.80 Å². The average molecular weight is 262 g/mol. The monoisotopic (exact) mass is 262 g/mol. The largest absolute Gasteiger partial charge is 0.508 e. The predicted molar refractivity (Wildman–Crippen MR) is 74.0 cm³/mol. The van der Waals surface area contributed by atoms with Crippen molar-refractivity contribution in [3.63, 3.8) is 0 Å². The molecule has 2 saturated heterocycles. The fraction of sp³-hybridized carbons (Fsp3) is 0.600. The Kier molecular flexibility index (Phi) is 3.04. The van der Waals surface area contributed by atoms with Crippen LogP contribution in [0.25, 0.3) is 0 Å². The standard InChI is InChI=1S/C15H22N2O2/c1-16-7-12-9-17(2)10-13(8-16)15(12,19)11-4-3-5-14(18)6-11/h3-6,12-13,18-19H,7-10H2,1-2H3. The van der Waals surface area contributed by atoms with E-state index in [1.807, 2.05) is 12.1 Å². The highest BCUT2D eigenvalue weighted by atomic mass is 16.3. The van der Waals surface area contributed by atoms with Crippen molar-refractivity contribution in [3.8, 4) is 5.75 Å². The quantitative estimate of drug-likeness (QED) is 0.782. The van der Waals surface area contributed by atoms with Crippen LogP contribution < -0.4 is 0 Å². The van der Waals surface area contributed by atoms with Gasteiger partial charge in [-0.25, -0.2) is 0 Å². The maximum atomic E-state index is 11.3. The number of rotatable bonds is 1. The number of benzene rings is 1. The molecule has 2 N–H and O–H groups in total. The molecule has 2 aliphatic heterocycles. The van der Waals surface area contributed by atoms with Gasteiger partial charge in [0.05, 0.1) is 0 Å². The Morgan fingerprint density at radius 1 is 1.05 bits per heavy atom. The number of phenolic OH excluding ortho intramolecular Hbond substituents is 1. The van der Waals surface area contributed by atoms with E-state index in [0.29, 0.717) is 0 Å². The highest BCUT2D eigenvalue weighted by Gasteiger charge is 2.52. The minimum Gasteiger partial charge on any atom is -0.508 e. The lowest BCUT2D eigenvalue weighted by molar-refractivity contribution is -0.158. The summed E-state index contributed by atoms with van der Waals surface area (Å²) in [6.07, 6.45) is 0. The zero-order valence-electron chi connectivity index (χ0n) is 11.6. The third-order valence-electron chi connectivity index (χ3n) is 4.68. The van der Waals surface area contributed by atoms with Crippen LogP contribution in [-0.4, -0.2) is 60.3 Å². The van der Waals surface area contributed by atoms with Crippen molar-refractivity contribution in [2.75, 3.05) is 40.3 Å². The van der Waals surface area contributed by atoms with Crippen LogP contribution in [0.3, 0.4) is 0 Å². The zero-order valence-corrected chi connectivity index (χ0v) is 11.6. The van der Waals surface area contributed by atoms with Gasteiger partial charge >= 0.3 is 0 Å². The summed E-state index contributed by atoms with van der Waals surface area (Å²) in [5.41, 5.74) is 0.0568. The van der Waals surface area contributed by atoms with E-state index >= 15 is 0 Å². The van der Waals surface area contributed by atoms with Gasteiger partial charge in [-0.2, -0.15) is 0 Å².